The Morgan fingerprint density at radius 1 is 1.12 bits per heavy atom. The first-order valence-corrected chi connectivity index (χ1v) is 8.97. The average molecular weight is 350 g/mol. The number of amides is 1. The second-order valence-electron chi connectivity index (χ2n) is 6.98. The van der Waals surface area contributed by atoms with Crippen molar-refractivity contribution < 1.29 is 9.21 Å². The van der Waals surface area contributed by atoms with Crippen LogP contribution in [0.15, 0.2) is 41.1 Å². The highest BCUT2D eigenvalue weighted by atomic mass is 16.4. The van der Waals surface area contributed by atoms with E-state index in [9.17, 15) is 4.79 Å². The van der Waals surface area contributed by atoms with Crippen molar-refractivity contribution >= 4 is 22.5 Å². The number of nitrogens with two attached hydrogens (primary N) is 1. The summed E-state index contributed by atoms with van der Waals surface area (Å²) in [6.07, 6.45) is 6.99. The van der Waals surface area contributed by atoms with Crippen LogP contribution < -0.4 is 11.1 Å². The quantitative estimate of drug-likeness (QED) is 0.752. The van der Waals surface area contributed by atoms with Crippen LogP contribution in [0.25, 0.3) is 22.1 Å². The lowest BCUT2D eigenvalue weighted by Gasteiger charge is -2.24. The van der Waals surface area contributed by atoms with E-state index in [4.69, 9.17) is 10.2 Å². The number of aryl methyl sites for hydroxylation is 1. The standard InChI is InChI=1S/C20H22N4O2/c1-12-22-11-18(26-12)14-2-3-15-10-23-19(9-16(15)8-14)24-20(25)13-4-6-17(21)7-5-13/h2-3,8-11,13,17H,4-7,21H2,1H3,(H,23,24,25). The van der Waals surface area contributed by atoms with Gasteiger partial charge in [0, 0.05) is 36.0 Å². The molecule has 3 aromatic rings. The topological polar surface area (TPSA) is 94.0 Å². The minimum absolute atomic E-state index is 0.0239. The summed E-state index contributed by atoms with van der Waals surface area (Å²) in [6, 6.07) is 8.12. The van der Waals surface area contributed by atoms with Gasteiger partial charge in [-0.1, -0.05) is 12.1 Å². The molecular formula is C20H22N4O2. The van der Waals surface area contributed by atoms with Gasteiger partial charge >= 0.3 is 0 Å². The summed E-state index contributed by atoms with van der Waals surface area (Å²) in [5, 5.41) is 4.95. The molecule has 1 aromatic carbocycles. The van der Waals surface area contributed by atoms with Crippen molar-refractivity contribution in [1.29, 1.82) is 0 Å². The van der Waals surface area contributed by atoms with Crippen molar-refractivity contribution in [2.75, 3.05) is 5.32 Å². The van der Waals surface area contributed by atoms with Crippen molar-refractivity contribution in [2.45, 2.75) is 38.6 Å². The number of anilines is 1. The second kappa shape index (κ2) is 6.88. The maximum absolute atomic E-state index is 12.5. The van der Waals surface area contributed by atoms with Gasteiger partial charge in [0.25, 0.3) is 0 Å². The zero-order valence-corrected chi connectivity index (χ0v) is 14.7. The summed E-state index contributed by atoms with van der Waals surface area (Å²) >= 11 is 0. The minimum atomic E-state index is 0.0239. The third-order valence-electron chi connectivity index (χ3n) is 5.02. The molecule has 2 heterocycles. The van der Waals surface area contributed by atoms with Gasteiger partial charge in [-0.25, -0.2) is 9.97 Å². The Hall–Kier alpha value is -2.73. The van der Waals surface area contributed by atoms with E-state index in [1.54, 1.807) is 12.4 Å². The Morgan fingerprint density at radius 2 is 1.92 bits per heavy atom. The number of carbonyl (C=O) groups is 1. The molecule has 6 nitrogen and oxygen atoms in total. The van der Waals surface area contributed by atoms with Gasteiger partial charge in [0.05, 0.1) is 6.20 Å². The molecule has 0 atom stereocenters. The molecule has 0 radical (unpaired) electrons. The molecule has 0 aliphatic heterocycles. The number of carbonyl (C=O) groups excluding carboxylic acids is 1. The Morgan fingerprint density at radius 3 is 2.65 bits per heavy atom. The summed E-state index contributed by atoms with van der Waals surface area (Å²) in [7, 11) is 0. The molecule has 26 heavy (non-hydrogen) atoms. The van der Waals surface area contributed by atoms with Crippen molar-refractivity contribution in [1.82, 2.24) is 9.97 Å². The van der Waals surface area contributed by atoms with Gasteiger partial charge in [-0.05, 0) is 43.2 Å². The van der Waals surface area contributed by atoms with Crippen LogP contribution in [-0.2, 0) is 4.79 Å². The zero-order valence-electron chi connectivity index (χ0n) is 14.7. The van der Waals surface area contributed by atoms with Crippen LogP contribution in [-0.4, -0.2) is 21.9 Å². The van der Waals surface area contributed by atoms with Crippen LogP contribution in [0.2, 0.25) is 0 Å². The lowest BCUT2D eigenvalue weighted by atomic mass is 9.86. The van der Waals surface area contributed by atoms with Gasteiger partial charge in [0.2, 0.25) is 5.91 Å². The molecule has 1 fully saturated rings. The summed E-state index contributed by atoms with van der Waals surface area (Å²) in [6.45, 7) is 1.82. The van der Waals surface area contributed by atoms with E-state index < -0.39 is 0 Å². The SMILES string of the molecule is Cc1ncc(-c2ccc3cnc(NC(=O)C4CCC(N)CC4)cc3c2)o1. The normalized spacial score (nSPS) is 20.2. The minimum Gasteiger partial charge on any atom is -0.441 e. The summed E-state index contributed by atoms with van der Waals surface area (Å²) < 4.78 is 5.59. The molecule has 4 rings (SSSR count). The third kappa shape index (κ3) is 3.46. The first-order valence-electron chi connectivity index (χ1n) is 8.97. The van der Waals surface area contributed by atoms with Crippen molar-refractivity contribution in [3.63, 3.8) is 0 Å². The smallest absolute Gasteiger partial charge is 0.228 e. The maximum Gasteiger partial charge on any atom is 0.228 e. The van der Waals surface area contributed by atoms with Gasteiger partial charge in [-0.3, -0.25) is 4.79 Å². The highest BCUT2D eigenvalue weighted by Gasteiger charge is 2.24. The molecule has 1 amide bonds. The molecule has 1 saturated carbocycles. The molecule has 0 saturated heterocycles. The number of fused-ring (bicyclic) bond motifs is 1. The summed E-state index contributed by atoms with van der Waals surface area (Å²) in [5.74, 6) is 1.99. The van der Waals surface area contributed by atoms with Crippen LogP contribution in [0, 0.1) is 12.8 Å². The van der Waals surface area contributed by atoms with Gasteiger partial charge in [0.1, 0.15) is 5.82 Å². The third-order valence-corrected chi connectivity index (χ3v) is 5.02. The molecular weight excluding hydrogens is 328 g/mol. The number of nitrogens with one attached hydrogen (secondary N) is 1. The first-order chi connectivity index (χ1) is 12.6. The molecule has 0 bridgehead atoms. The van der Waals surface area contributed by atoms with Crippen LogP contribution >= 0.6 is 0 Å². The maximum atomic E-state index is 12.5. The van der Waals surface area contributed by atoms with Crippen LogP contribution in [0.3, 0.4) is 0 Å². The predicted molar refractivity (Wildman–Crippen MR) is 101 cm³/mol. The fourth-order valence-electron chi connectivity index (χ4n) is 3.47. The Kier molecular flexibility index (Phi) is 4.42. The number of benzene rings is 1. The zero-order chi connectivity index (χ0) is 18.1. The number of hydrogen-bond acceptors (Lipinski definition) is 5. The monoisotopic (exact) mass is 350 g/mol. The first kappa shape index (κ1) is 16.7. The average Bonchev–Trinajstić information content (AvgIpc) is 3.08. The molecule has 3 N–H and O–H groups in total. The van der Waals surface area contributed by atoms with E-state index in [1.165, 1.54) is 0 Å². The molecule has 2 aromatic heterocycles. The van der Waals surface area contributed by atoms with Gasteiger partial charge in [-0.15, -0.1) is 0 Å². The van der Waals surface area contributed by atoms with E-state index >= 15 is 0 Å². The molecule has 1 aliphatic carbocycles. The van der Waals surface area contributed by atoms with E-state index in [-0.39, 0.29) is 17.9 Å². The van der Waals surface area contributed by atoms with Crippen LogP contribution in [0.4, 0.5) is 5.82 Å². The number of aromatic nitrogens is 2. The number of rotatable bonds is 3. The number of nitrogens with zero attached hydrogens (tertiary/aromatic N) is 2. The van der Waals surface area contributed by atoms with E-state index in [0.717, 1.165) is 47.8 Å². The second-order valence-corrected chi connectivity index (χ2v) is 6.98. The highest BCUT2D eigenvalue weighted by Crippen LogP contribution is 2.27. The van der Waals surface area contributed by atoms with E-state index in [2.05, 4.69) is 15.3 Å². The highest BCUT2D eigenvalue weighted by molar-refractivity contribution is 5.94. The Bertz CT molecular complexity index is 942. The molecule has 0 unspecified atom stereocenters. The Labute approximate surface area is 151 Å². The van der Waals surface area contributed by atoms with Crippen molar-refractivity contribution in [3.8, 4) is 11.3 Å². The predicted octanol–water partition coefficient (Wildman–Crippen LogP) is 3.65. The summed E-state index contributed by atoms with van der Waals surface area (Å²) in [5.41, 5.74) is 6.87. The van der Waals surface area contributed by atoms with Gasteiger partial charge < -0.3 is 15.5 Å². The molecule has 1 aliphatic rings. The lowest BCUT2D eigenvalue weighted by molar-refractivity contribution is -0.120. The molecule has 6 heteroatoms. The lowest BCUT2D eigenvalue weighted by Crippen LogP contribution is -2.32. The van der Waals surface area contributed by atoms with E-state index in [1.807, 2.05) is 31.2 Å². The largest absolute Gasteiger partial charge is 0.441 e. The van der Waals surface area contributed by atoms with Crippen molar-refractivity contribution in [3.05, 3.63) is 42.5 Å². The van der Waals surface area contributed by atoms with Crippen molar-refractivity contribution in [2.24, 2.45) is 11.7 Å². The number of oxazole rings is 1. The summed E-state index contributed by atoms with van der Waals surface area (Å²) in [4.78, 5) is 21.0. The fourth-order valence-corrected chi connectivity index (χ4v) is 3.47. The van der Waals surface area contributed by atoms with Crippen LogP contribution in [0.5, 0.6) is 0 Å². The van der Waals surface area contributed by atoms with Crippen LogP contribution in [0.1, 0.15) is 31.6 Å². The molecule has 0 spiro atoms. The Balaban J connectivity index is 1.55. The molecule has 134 valence electrons. The fraction of sp³-hybridized carbons (Fsp3) is 0.350. The van der Waals surface area contributed by atoms with E-state index in [0.29, 0.717) is 11.7 Å². The number of pyridine rings is 1. The van der Waals surface area contributed by atoms with Gasteiger partial charge in [0.15, 0.2) is 11.7 Å². The number of hydrogen-bond donors (Lipinski definition) is 2. The van der Waals surface area contributed by atoms with Gasteiger partial charge in [-0.2, -0.15) is 0 Å².